The smallest absolute Gasteiger partial charge is 0.163 e. The van der Waals surface area contributed by atoms with Gasteiger partial charge in [-0.15, -0.1) is 11.8 Å². The Balaban J connectivity index is 3.02. The Morgan fingerprint density at radius 1 is 1.38 bits per heavy atom. The number of aryl methyl sites for hydroxylation is 1. The molecular weight excluding hydrogens is 216 g/mol. The van der Waals surface area contributed by atoms with Gasteiger partial charge in [0.15, 0.2) is 5.78 Å². The molecule has 0 radical (unpaired) electrons. The number of carbonyl (C=O) groups is 1. The van der Waals surface area contributed by atoms with Crippen LogP contribution in [-0.2, 0) is 0 Å². The zero-order valence-electron chi connectivity index (χ0n) is 10.5. The maximum absolute atomic E-state index is 12.0. The van der Waals surface area contributed by atoms with Crippen LogP contribution in [0.25, 0.3) is 0 Å². The summed E-state index contributed by atoms with van der Waals surface area (Å²) in [7, 11) is 0. The molecule has 0 fully saturated rings. The molecule has 0 aliphatic carbocycles. The molecule has 0 spiro atoms. The minimum Gasteiger partial charge on any atom is -0.294 e. The summed E-state index contributed by atoms with van der Waals surface area (Å²) in [6.07, 6.45) is 1.56. The highest BCUT2D eigenvalue weighted by molar-refractivity contribution is 8.00. The lowest BCUT2D eigenvalue weighted by atomic mass is 10.0. The first kappa shape index (κ1) is 13.3. The predicted octanol–water partition coefficient (Wildman–Crippen LogP) is 4.48. The van der Waals surface area contributed by atoms with E-state index in [4.69, 9.17) is 0 Å². The van der Waals surface area contributed by atoms with Gasteiger partial charge in [0.1, 0.15) is 0 Å². The number of thioether (sulfide) groups is 1. The fraction of sp³-hybridized carbons (Fsp3) is 0.500. The van der Waals surface area contributed by atoms with Crippen LogP contribution in [0.15, 0.2) is 23.1 Å². The largest absolute Gasteiger partial charge is 0.294 e. The molecule has 2 heteroatoms. The van der Waals surface area contributed by atoms with Gasteiger partial charge < -0.3 is 0 Å². The standard InChI is InChI=1S/C14H20OS/c1-5-6-13(15)12-9-11(4)7-8-14(12)16-10(2)3/h7-10H,5-6H2,1-4H3. The molecule has 0 saturated carbocycles. The molecule has 16 heavy (non-hydrogen) atoms. The summed E-state index contributed by atoms with van der Waals surface area (Å²) in [6, 6.07) is 6.17. The van der Waals surface area contributed by atoms with Crippen molar-refractivity contribution in [2.45, 2.75) is 50.7 Å². The third kappa shape index (κ3) is 3.67. The van der Waals surface area contributed by atoms with Crippen LogP contribution < -0.4 is 0 Å². The van der Waals surface area contributed by atoms with Crippen molar-refractivity contribution in [2.75, 3.05) is 0 Å². The van der Waals surface area contributed by atoms with E-state index in [0.29, 0.717) is 11.7 Å². The van der Waals surface area contributed by atoms with Crippen LogP contribution in [0.4, 0.5) is 0 Å². The fourth-order valence-electron chi connectivity index (χ4n) is 1.58. The van der Waals surface area contributed by atoms with Crippen molar-refractivity contribution in [1.29, 1.82) is 0 Å². The Labute approximate surface area is 103 Å². The topological polar surface area (TPSA) is 17.1 Å². The van der Waals surface area contributed by atoms with Gasteiger partial charge in [-0.25, -0.2) is 0 Å². The monoisotopic (exact) mass is 236 g/mol. The van der Waals surface area contributed by atoms with E-state index in [1.165, 1.54) is 0 Å². The van der Waals surface area contributed by atoms with Crippen molar-refractivity contribution >= 4 is 17.5 Å². The Hall–Kier alpha value is -0.760. The van der Waals surface area contributed by atoms with Crippen molar-refractivity contribution in [2.24, 2.45) is 0 Å². The van der Waals surface area contributed by atoms with E-state index >= 15 is 0 Å². The van der Waals surface area contributed by atoms with Crippen molar-refractivity contribution in [3.05, 3.63) is 29.3 Å². The summed E-state index contributed by atoms with van der Waals surface area (Å²) in [6.45, 7) is 8.38. The number of carbonyl (C=O) groups excluding carboxylic acids is 1. The van der Waals surface area contributed by atoms with Crippen LogP contribution in [0.2, 0.25) is 0 Å². The summed E-state index contributed by atoms with van der Waals surface area (Å²) in [5.41, 5.74) is 2.06. The lowest BCUT2D eigenvalue weighted by Gasteiger charge is -2.11. The van der Waals surface area contributed by atoms with E-state index in [0.717, 1.165) is 22.4 Å². The molecule has 0 N–H and O–H groups in total. The average Bonchev–Trinajstić information content (AvgIpc) is 2.20. The average molecular weight is 236 g/mol. The zero-order chi connectivity index (χ0) is 12.1. The summed E-state index contributed by atoms with van der Waals surface area (Å²) < 4.78 is 0. The van der Waals surface area contributed by atoms with Crippen LogP contribution in [0, 0.1) is 6.92 Å². The molecule has 0 heterocycles. The molecule has 0 amide bonds. The zero-order valence-corrected chi connectivity index (χ0v) is 11.4. The van der Waals surface area contributed by atoms with Gasteiger partial charge >= 0.3 is 0 Å². The van der Waals surface area contributed by atoms with E-state index < -0.39 is 0 Å². The Morgan fingerprint density at radius 3 is 2.62 bits per heavy atom. The molecule has 0 unspecified atom stereocenters. The van der Waals surface area contributed by atoms with Gasteiger partial charge in [-0.2, -0.15) is 0 Å². The number of Topliss-reactive ketones (excluding diaryl/α,β-unsaturated/α-hetero) is 1. The highest BCUT2D eigenvalue weighted by Gasteiger charge is 2.12. The van der Waals surface area contributed by atoms with Gasteiger partial charge in [0.25, 0.3) is 0 Å². The van der Waals surface area contributed by atoms with Gasteiger partial charge in [0.05, 0.1) is 0 Å². The number of benzene rings is 1. The van der Waals surface area contributed by atoms with Crippen molar-refractivity contribution < 1.29 is 4.79 Å². The van der Waals surface area contributed by atoms with E-state index in [2.05, 4.69) is 26.0 Å². The van der Waals surface area contributed by atoms with Crippen LogP contribution in [0.1, 0.15) is 49.5 Å². The molecule has 1 nitrogen and oxygen atoms in total. The molecule has 0 aliphatic heterocycles. The quantitative estimate of drug-likeness (QED) is 0.554. The Kier molecular flexibility index (Phi) is 5.07. The highest BCUT2D eigenvalue weighted by Crippen LogP contribution is 2.28. The number of ketones is 1. The Bertz CT molecular complexity index is 369. The molecule has 1 rings (SSSR count). The number of rotatable bonds is 5. The minimum absolute atomic E-state index is 0.273. The molecule has 1 aromatic carbocycles. The molecule has 0 atom stereocenters. The first-order valence-electron chi connectivity index (χ1n) is 5.85. The van der Waals surface area contributed by atoms with E-state index in [9.17, 15) is 4.79 Å². The summed E-state index contributed by atoms with van der Waals surface area (Å²) in [5.74, 6) is 0.273. The number of hydrogen-bond donors (Lipinski definition) is 0. The van der Waals surface area contributed by atoms with Crippen LogP contribution >= 0.6 is 11.8 Å². The SMILES string of the molecule is CCCC(=O)c1cc(C)ccc1SC(C)C. The van der Waals surface area contributed by atoms with Gasteiger partial charge in [-0.1, -0.05) is 32.4 Å². The van der Waals surface area contributed by atoms with Gasteiger partial charge in [-0.05, 0) is 25.5 Å². The predicted molar refractivity (Wildman–Crippen MR) is 71.4 cm³/mol. The second kappa shape index (κ2) is 6.09. The second-order valence-corrected chi connectivity index (χ2v) is 5.96. The number of hydrogen-bond acceptors (Lipinski definition) is 2. The molecular formula is C14H20OS. The second-order valence-electron chi connectivity index (χ2n) is 4.34. The third-order valence-electron chi connectivity index (χ3n) is 2.28. The summed E-state index contributed by atoms with van der Waals surface area (Å²) in [5, 5.41) is 0.510. The summed E-state index contributed by atoms with van der Waals surface area (Å²) >= 11 is 1.77. The van der Waals surface area contributed by atoms with Crippen molar-refractivity contribution in [3.63, 3.8) is 0 Å². The molecule has 0 aromatic heterocycles. The third-order valence-corrected chi connectivity index (χ3v) is 3.36. The van der Waals surface area contributed by atoms with Crippen molar-refractivity contribution in [1.82, 2.24) is 0 Å². The lowest BCUT2D eigenvalue weighted by molar-refractivity contribution is 0.0979. The molecule has 0 bridgehead atoms. The first-order valence-corrected chi connectivity index (χ1v) is 6.73. The van der Waals surface area contributed by atoms with E-state index in [1.807, 2.05) is 19.9 Å². The Morgan fingerprint density at radius 2 is 2.06 bits per heavy atom. The molecule has 1 aromatic rings. The van der Waals surface area contributed by atoms with Gasteiger partial charge in [0.2, 0.25) is 0 Å². The maximum atomic E-state index is 12.0. The van der Waals surface area contributed by atoms with Crippen molar-refractivity contribution in [3.8, 4) is 0 Å². The van der Waals surface area contributed by atoms with Gasteiger partial charge in [-0.3, -0.25) is 4.79 Å². The van der Waals surface area contributed by atoms with Crippen LogP contribution in [0.5, 0.6) is 0 Å². The summed E-state index contributed by atoms with van der Waals surface area (Å²) in [4.78, 5) is 13.1. The first-order chi connectivity index (χ1) is 7.54. The highest BCUT2D eigenvalue weighted by atomic mass is 32.2. The van der Waals surface area contributed by atoms with Gasteiger partial charge in [0, 0.05) is 22.1 Å². The van der Waals surface area contributed by atoms with Crippen LogP contribution in [0.3, 0.4) is 0 Å². The molecule has 88 valence electrons. The lowest BCUT2D eigenvalue weighted by Crippen LogP contribution is -2.02. The van der Waals surface area contributed by atoms with E-state index in [1.54, 1.807) is 11.8 Å². The minimum atomic E-state index is 0.273. The molecule has 0 saturated heterocycles. The van der Waals surface area contributed by atoms with E-state index in [-0.39, 0.29) is 5.78 Å². The normalized spacial score (nSPS) is 10.8. The van der Waals surface area contributed by atoms with Crippen LogP contribution in [-0.4, -0.2) is 11.0 Å². The molecule has 0 aliphatic rings. The maximum Gasteiger partial charge on any atom is 0.163 e. The fourth-order valence-corrected chi connectivity index (χ4v) is 2.53.